The van der Waals surface area contributed by atoms with Crippen LogP contribution in [0.25, 0.3) is 0 Å². The number of rotatable bonds is 8. The molecule has 1 N–H and O–H groups in total. The zero-order valence-corrected chi connectivity index (χ0v) is 15.7. The minimum Gasteiger partial charge on any atom is -0.497 e. The molecule has 0 spiro atoms. The van der Waals surface area contributed by atoms with Crippen molar-refractivity contribution in [2.45, 2.75) is 20.3 Å². The highest BCUT2D eigenvalue weighted by atomic mass is 16.5. The largest absolute Gasteiger partial charge is 0.497 e. The van der Waals surface area contributed by atoms with Crippen LogP contribution in [0.1, 0.15) is 20.3 Å². The topological polar surface area (TPSA) is 54.0 Å². The summed E-state index contributed by atoms with van der Waals surface area (Å²) in [5, 5.41) is 3.01. The van der Waals surface area contributed by atoms with Crippen LogP contribution in [-0.2, 0) is 0 Å². The van der Waals surface area contributed by atoms with E-state index in [1.54, 1.807) is 7.11 Å². The molecule has 2 amide bonds. The number of ether oxygens (including phenoxy) is 2. The van der Waals surface area contributed by atoms with Crippen LogP contribution in [0.2, 0.25) is 0 Å². The van der Waals surface area contributed by atoms with E-state index in [4.69, 9.17) is 9.47 Å². The van der Waals surface area contributed by atoms with Crippen LogP contribution in [0.15, 0.2) is 24.3 Å². The van der Waals surface area contributed by atoms with Crippen LogP contribution in [0.5, 0.6) is 11.5 Å². The smallest absolute Gasteiger partial charge is 0.317 e. The van der Waals surface area contributed by atoms with Gasteiger partial charge in [0, 0.05) is 39.3 Å². The Morgan fingerprint density at radius 3 is 2.36 bits per heavy atom. The Kier molecular flexibility index (Phi) is 7.85. The van der Waals surface area contributed by atoms with E-state index < -0.39 is 0 Å². The highest BCUT2D eigenvalue weighted by Crippen LogP contribution is 2.16. The summed E-state index contributed by atoms with van der Waals surface area (Å²) in [6.07, 6.45) is 1.02. The van der Waals surface area contributed by atoms with Crippen molar-refractivity contribution in [1.82, 2.24) is 15.1 Å². The van der Waals surface area contributed by atoms with Crippen molar-refractivity contribution in [2.75, 3.05) is 53.0 Å². The van der Waals surface area contributed by atoms with E-state index in [-0.39, 0.29) is 6.03 Å². The molecule has 1 saturated heterocycles. The number of urea groups is 1. The van der Waals surface area contributed by atoms with E-state index in [1.165, 1.54) is 0 Å². The normalized spacial score (nSPS) is 15.3. The van der Waals surface area contributed by atoms with E-state index in [1.807, 2.05) is 29.2 Å². The van der Waals surface area contributed by atoms with Gasteiger partial charge in [-0.05, 0) is 36.6 Å². The molecule has 0 bridgehead atoms. The molecular weight excluding hydrogens is 318 g/mol. The van der Waals surface area contributed by atoms with E-state index in [0.29, 0.717) is 12.5 Å². The van der Waals surface area contributed by atoms with Gasteiger partial charge in [-0.25, -0.2) is 4.79 Å². The fourth-order valence-electron chi connectivity index (χ4n) is 2.72. The third-order valence-corrected chi connectivity index (χ3v) is 4.39. The number of nitrogens with zero attached hydrogens (tertiary/aromatic N) is 2. The highest BCUT2D eigenvalue weighted by molar-refractivity contribution is 5.74. The lowest BCUT2D eigenvalue weighted by Crippen LogP contribution is -2.52. The minimum absolute atomic E-state index is 0.0646. The molecule has 2 rings (SSSR count). The van der Waals surface area contributed by atoms with Gasteiger partial charge in [-0.15, -0.1) is 0 Å². The van der Waals surface area contributed by atoms with Gasteiger partial charge >= 0.3 is 6.03 Å². The highest BCUT2D eigenvalue weighted by Gasteiger charge is 2.20. The predicted octanol–water partition coefficient (Wildman–Crippen LogP) is 2.45. The van der Waals surface area contributed by atoms with Crippen molar-refractivity contribution in [3.8, 4) is 11.5 Å². The Balaban J connectivity index is 1.60. The van der Waals surface area contributed by atoms with E-state index in [9.17, 15) is 4.79 Å². The molecule has 0 unspecified atom stereocenters. The first-order valence-corrected chi connectivity index (χ1v) is 9.10. The molecule has 1 heterocycles. The Morgan fingerprint density at radius 2 is 1.76 bits per heavy atom. The maximum Gasteiger partial charge on any atom is 0.317 e. The lowest BCUT2D eigenvalue weighted by Gasteiger charge is -2.34. The number of nitrogens with one attached hydrogen (secondary N) is 1. The first-order chi connectivity index (χ1) is 12.1. The number of hydrogen-bond donors (Lipinski definition) is 1. The van der Waals surface area contributed by atoms with Gasteiger partial charge in [0.25, 0.3) is 0 Å². The van der Waals surface area contributed by atoms with E-state index in [2.05, 4.69) is 24.1 Å². The molecule has 0 aromatic heterocycles. The zero-order chi connectivity index (χ0) is 18.1. The predicted molar refractivity (Wildman–Crippen MR) is 99.4 cm³/mol. The average molecular weight is 349 g/mol. The van der Waals surface area contributed by atoms with Gasteiger partial charge in [-0.2, -0.15) is 0 Å². The number of amides is 2. The van der Waals surface area contributed by atoms with Gasteiger partial charge in [-0.3, -0.25) is 4.90 Å². The molecular formula is C19H31N3O3. The number of carbonyl (C=O) groups is 1. The lowest BCUT2D eigenvalue weighted by atomic mass is 10.1. The van der Waals surface area contributed by atoms with Crippen molar-refractivity contribution >= 4 is 6.03 Å². The Labute approximate surface area is 151 Å². The monoisotopic (exact) mass is 349 g/mol. The summed E-state index contributed by atoms with van der Waals surface area (Å²) in [4.78, 5) is 16.3. The number of carbonyl (C=O) groups excluding carboxylic acids is 1. The summed E-state index contributed by atoms with van der Waals surface area (Å²) in [6.45, 7) is 9.94. The molecule has 0 saturated carbocycles. The van der Waals surface area contributed by atoms with Gasteiger partial charge in [-0.1, -0.05) is 13.8 Å². The van der Waals surface area contributed by atoms with Crippen LogP contribution in [-0.4, -0.2) is 68.8 Å². The maximum atomic E-state index is 12.1. The number of methoxy groups -OCH3 is 1. The summed E-state index contributed by atoms with van der Waals surface area (Å²) in [5.41, 5.74) is 0. The van der Waals surface area contributed by atoms with Gasteiger partial charge in [0.2, 0.25) is 0 Å². The molecule has 0 aliphatic carbocycles. The maximum absolute atomic E-state index is 12.1. The third-order valence-electron chi connectivity index (χ3n) is 4.39. The second-order valence-electron chi connectivity index (χ2n) is 6.77. The van der Waals surface area contributed by atoms with Crippen LogP contribution in [0.4, 0.5) is 4.79 Å². The second-order valence-corrected chi connectivity index (χ2v) is 6.77. The average Bonchev–Trinajstić information content (AvgIpc) is 2.62. The lowest BCUT2D eigenvalue weighted by molar-refractivity contribution is 0.126. The summed E-state index contributed by atoms with van der Waals surface area (Å²) in [6, 6.07) is 7.68. The van der Waals surface area contributed by atoms with Crippen molar-refractivity contribution in [3.63, 3.8) is 0 Å². The first-order valence-electron chi connectivity index (χ1n) is 9.10. The Bertz CT molecular complexity index is 511. The molecule has 140 valence electrons. The molecule has 6 nitrogen and oxygen atoms in total. The molecule has 0 atom stereocenters. The van der Waals surface area contributed by atoms with Gasteiger partial charge in [0.05, 0.1) is 7.11 Å². The van der Waals surface area contributed by atoms with Crippen molar-refractivity contribution < 1.29 is 14.3 Å². The number of piperazine rings is 1. The molecule has 6 heteroatoms. The van der Waals surface area contributed by atoms with E-state index >= 15 is 0 Å². The van der Waals surface area contributed by atoms with Gasteiger partial charge in [0.15, 0.2) is 0 Å². The Hall–Kier alpha value is -1.95. The standard InChI is InChI=1S/C19H31N3O3/c1-16(2)8-9-20-19(23)22-12-10-21(11-13-22)14-15-25-18-6-4-17(24-3)5-7-18/h4-7,16H,8-15H2,1-3H3,(H,20,23). The van der Waals surface area contributed by atoms with Gasteiger partial charge < -0.3 is 19.7 Å². The van der Waals surface area contributed by atoms with Crippen LogP contribution >= 0.6 is 0 Å². The number of benzene rings is 1. The zero-order valence-electron chi connectivity index (χ0n) is 15.7. The van der Waals surface area contributed by atoms with Crippen LogP contribution in [0, 0.1) is 5.92 Å². The Morgan fingerprint density at radius 1 is 1.12 bits per heavy atom. The number of hydrogen-bond acceptors (Lipinski definition) is 4. The fraction of sp³-hybridized carbons (Fsp3) is 0.632. The molecule has 1 aliphatic heterocycles. The summed E-state index contributed by atoms with van der Waals surface area (Å²) < 4.78 is 10.9. The van der Waals surface area contributed by atoms with Crippen molar-refractivity contribution in [1.29, 1.82) is 0 Å². The summed E-state index contributed by atoms with van der Waals surface area (Å²) in [5.74, 6) is 2.29. The van der Waals surface area contributed by atoms with Crippen LogP contribution in [0.3, 0.4) is 0 Å². The van der Waals surface area contributed by atoms with Crippen molar-refractivity contribution in [3.05, 3.63) is 24.3 Å². The summed E-state index contributed by atoms with van der Waals surface area (Å²) in [7, 11) is 1.65. The summed E-state index contributed by atoms with van der Waals surface area (Å²) >= 11 is 0. The van der Waals surface area contributed by atoms with Crippen molar-refractivity contribution in [2.24, 2.45) is 5.92 Å². The quantitative estimate of drug-likeness (QED) is 0.783. The van der Waals surface area contributed by atoms with Gasteiger partial charge in [0.1, 0.15) is 18.1 Å². The molecule has 1 fully saturated rings. The third kappa shape index (κ3) is 6.82. The first kappa shape index (κ1) is 19.4. The second kappa shape index (κ2) is 10.1. The fourth-order valence-corrected chi connectivity index (χ4v) is 2.72. The molecule has 1 aliphatic rings. The van der Waals surface area contributed by atoms with E-state index in [0.717, 1.165) is 57.2 Å². The molecule has 1 aromatic carbocycles. The minimum atomic E-state index is 0.0646. The molecule has 25 heavy (non-hydrogen) atoms. The molecule has 1 aromatic rings. The molecule has 0 radical (unpaired) electrons. The van der Waals surface area contributed by atoms with Crippen LogP contribution < -0.4 is 14.8 Å². The SMILES string of the molecule is COc1ccc(OCCN2CCN(C(=O)NCCC(C)C)CC2)cc1.